The van der Waals surface area contributed by atoms with Gasteiger partial charge in [0.1, 0.15) is 23.7 Å². The zero-order valence-electron chi connectivity index (χ0n) is 15.4. The van der Waals surface area contributed by atoms with Crippen LogP contribution in [0.5, 0.6) is 11.5 Å². The first-order valence-electron chi connectivity index (χ1n) is 8.83. The Bertz CT molecular complexity index is 1210. The lowest BCUT2D eigenvalue weighted by atomic mass is 9.80. The number of aliphatic hydroxyl groups is 1. The molecule has 2 aliphatic rings. The SMILES string of the molecule is CNC(=O)OCC1(O)C=c2c(O)c3c(c(O)c2=CC1)C(=O)c1ccccc1C3=O. The average molecular weight is 395 g/mol. The van der Waals surface area contributed by atoms with E-state index >= 15 is 0 Å². The highest BCUT2D eigenvalue weighted by molar-refractivity contribution is 6.30. The minimum absolute atomic E-state index is 0.00367. The number of rotatable bonds is 2. The first-order chi connectivity index (χ1) is 13.8. The fraction of sp³-hybridized carbons (Fsp3) is 0.190. The molecular weight excluding hydrogens is 378 g/mol. The minimum Gasteiger partial charge on any atom is -0.507 e. The average Bonchev–Trinajstić information content (AvgIpc) is 2.72. The number of ether oxygens (including phenoxy) is 1. The summed E-state index contributed by atoms with van der Waals surface area (Å²) < 4.78 is 4.90. The first kappa shape index (κ1) is 18.7. The molecule has 1 amide bonds. The Balaban J connectivity index is 1.92. The van der Waals surface area contributed by atoms with E-state index in [1.54, 1.807) is 12.1 Å². The molecule has 8 nitrogen and oxygen atoms in total. The molecule has 1 unspecified atom stereocenters. The fourth-order valence-electron chi connectivity index (χ4n) is 3.67. The van der Waals surface area contributed by atoms with Crippen molar-refractivity contribution in [2.24, 2.45) is 0 Å². The highest BCUT2D eigenvalue weighted by atomic mass is 16.6. The summed E-state index contributed by atoms with van der Waals surface area (Å²) in [6, 6.07) is 6.16. The van der Waals surface area contributed by atoms with E-state index in [0.29, 0.717) is 0 Å². The molecule has 0 bridgehead atoms. The Labute approximate surface area is 164 Å². The van der Waals surface area contributed by atoms with Gasteiger partial charge in [0, 0.05) is 35.0 Å². The summed E-state index contributed by atoms with van der Waals surface area (Å²) in [6.45, 7) is -0.407. The first-order valence-corrected chi connectivity index (χ1v) is 8.83. The van der Waals surface area contributed by atoms with Gasteiger partial charge in [-0.15, -0.1) is 0 Å². The molecule has 2 aliphatic carbocycles. The van der Waals surface area contributed by atoms with Gasteiger partial charge in [-0.1, -0.05) is 30.3 Å². The molecule has 29 heavy (non-hydrogen) atoms. The van der Waals surface area contributed by atoms with Crippen LogP contribution in [-0.2, 0) is 4.74 Å². The second kappa shape index (κ2) is 6.46. The number of phenolic OH excluding ortho intramolecular Hbond substituents is 2. The van der Waals surface area contributed by atoms with Crippen molar-refractivity contribution < 1.29 is 34.4 Å². The van der Waals surface area contributed by atoms with E-state index in [1.807, 2.05) is 0 Å². The Kier molecular flexibility index (Phi) is 4.16. The third-order valence-corrected chi connectivity index (χ3v) is 5.12. The molecule has 0 radical (unpaired) electrons. The summed E-state index contributed by atoms with van der Waals surface area (Å²) in [7, 11) is 1.37. The predicted octanol–water partition coefficient (Wildman–Crippen LogP) is -0.0750. The molecular formula is C21H17NO7. The van der Waals surface area contributed by atoms with E-state index in [0.717, 1.165) is 0 Å². The van der Waals surface area contributed by atoms with Gasteiger partial charge in [-0.05, 0) is 6.08 Å². The van der Waals surface area contributed by atoms with Crippen LogP contribution < -0.4 is 15.8 Å². The van der Waals surface area contributed by atoms with Crippen molar-refractivity contribution in [3.05, 3.63) is 57.0 Å². The number of phenols is 2. The van der Waals surface area contributed by atoms with Gasteiger partial charge in [0.25, 0.3) is 0 Å². The van der Waals surface area contributed by atoms with Crippen LogP contribution in [0, 0.1) is 0 Å². The lowest BCUT2D eigenvalue weighted by Crippen LogP contribution is -2.43. The molecule has 0 spiro atoms. The number of ketones is 2. The van der Waals surface area contributed by atoms with Crippen molar-refractivity contribution in [1.29, 1.82) is 0 Å². The Morgan fingerprint density at radius 2 is 1.62 bits per heavy atom. The summed E-state index contributed by atoms with van der Waals surface area (Å²) in [6.07, 6.45) is 1.86. The molecule has 0 aromatic heterocycles. The van der Waals surface area contributed by atoms with Crippen molar-refractivity contribution in [1.82, 2.24) is 5.32 Å². The molecule has 0 saturated heterocycles. The molecule has 4 rings (SSSR count). The number of amides is 1. The third-order valence-electron chi connectivity index (χ3n) is 5.12. The normalized spacial score (nSPS) is 19.2. The van der Waals surface area contributed by atoms with Crippen LogP contribution in [0.4, 0.5) is 4.79 Å². The van der Waals surface area contributed by atoms with Crippen LogP contribution in [-0.4, -0.2) is 52.2 Å². The highest BCUT2D eigenvalue weighted by Crippen LogP contribution is 2.35. The highest BCUT2D eigenvalue weighted by Gasteiger charge is 2.37. The quantitative estimate of drug-likeness (QED) is 0.446. The summed E-state index contributed by atoms with van der Waals surface area (Å²) in [5, 5.41) is 34.6. The lowest BCUT2D eigenvalue weighted by Gasteiger charge is -2.27. The molecule has 4 N–H and O–H groups in total. The largest absolute Gasteiger partial charge is 0.507 e. The van der Waals surface area contributed by atoms with Gasteiger partial charge in [-0.2, -0.15) is 0 Å². The number of nitrogens with one attached hydrogen (secondary N) is 1. The van der Waals surface area contributed by atoms with E-state index in [-0.39, 0.29) is 39.1 Å². The molecule has 0 aliphatic heterocycles. The van der Waals surface area contributed by atoms with E-state index < -0.39 is 41.4 Å². The maximum Gasteiger partial charge on any atom is 0.406 e. The van der Waals surface area contributed by atoms with Crippen molar-refractivity contribution in [2.45, 2.75) is 12.0 Å². The Morgan fingerprint density at radius 1 is 1.07 bits per heavy atom. The molecule has 1 atom stereocenters. The van der Waals surface area contributed by atoms with Gasteiger partial charge < -0.3 is 25.4 Å². The molecule has 0 heterocycles. The molecule has 2 aromatic carbocycles. The van der Waals surface area contributed by atoms with Crippen LogP contribution in [0.2, 0.25) is 0 Å². The maximum atomic E-state index is 12.9. The van der Waals surface area contributed by atoms with Crippen LogP contribution >= 0.6 is 0 Å². The van der Waals surface area contributed by atoms with Crippen molar-refractivity contribution in [3.8, 4) is 11.5 Å². The lowest BCUT2D eigenvalue weighted by molar-refractivity contribution is 0.0304. The number of hydrogen-bond donors (Lipinski definition) is 4. The van der Waals surface area contributed by atoms with Crippen LogP contribution in [0.15, 0.2) is 24.3 Å². The summed E-state index contributed by atoms with van der Waals surface area (Å²) >= 11 is 0. The number of alkyl carbamates (subject to hydrolysis) is 1. The van der Waals surface area contributed by atoms with Gasteiger partial charge in [-0.3, -0.25) is 9.59 Å². The second-order valence-electron chi connectivity index (χ2n) is 6.96. The van der Waals surface area contributed by atoms with Crippen molar-refractivity contribution in [2.75, 3.05) is 13.7 Å². The Hall–Kier alpha value is -3.65. The summed E-state index contributed by atoms with van der Waals surface area (Å²) in [5.74, 6) is -2.13. The second-order valence-corrected chi connectivity index (χ2v) is 6.96. The zero-order chi connectivity index (χ0) is 20.9. The number of aromatic hydroxyl groups is 2. The molecule has 8 heteroatoms. The summed E-state index contributed by atoms with van der Waals surface area (Å²) in [5.41, 5.74) is -1.96. The molecule has 2 aromatic rings. The number of hydrogen-bond acceptors (Lipinski definition) is 7. The van der Waals surface area contributed by atoms with Gasteiger partial charge in [-0.25, -0.2) is 4.79 Å². The third kappa shape index (κ3) is 2.76. The van der Waals surface area contributed by atoms with Gasteiger partial charge >= 0.3 is 6.09 Å². The number of benzene rings is 2. The topological polar surface area (TPSA) is 133 Å². The van der Waals surface area contributed by atoms with Crippen molar-refractivity contribution in [3.63, 3.8) is 0 Å². The van der Waals surface area contributed by atoms with Crippen LogP contribution in [0.25, 0.3) is 12.2 Å². The molecule has 0 fully saturated rings. The zero-order valence-corrected chi connectivity index (χ0v) is 15.4. The van der Waals surface area contributed by atoms with E-state index in [4.69, 9.17) is 4.74 Å². The van der Waals surface area contributed by atoms with Gasteiger partial charge in [0.2, 0.25) is 0 Å². The Morgan fingerprint density at radius 3 is 2.17 bits per heavy atom. The number of fused-ring (bicyclic) bond motifs is 3. The molecule has 0 saturated carbocycles. The van der Waals surface area contributed by atoms with Crippen molar-refractivity contribution >= 4 is 29.8 Å². The van der Waals surface area contributed by atoms with Gasteiger partial charge in [0.05, 0.1) is 11.1 Å². The monoisotopic (exact) mass is 395 g/mol. The summed E-state index contributed by atoms with van der Waals surface area (Å²) in [4.78, 5) is 37.1. The van der Waals surface area contributed by atoms with E-state index in [1.165, 1.54) is 31.3 Å². The standard InChI is InChI=1S/C21H17NO7/c1-22-20(27)29-9-21(28)7-6-12-13(8-21)19(26)15-14(18(12)25)16(23)10-4-2-3-5-11(10)17(15)24/h2-6,8,25-26,28H,7,9H2,1H3,(H,22,27). The van der Waals surface area contributed by atoms with Crippen LogP contribution in [0.1, 0.15) is 38.3 Å². The van der Waals surface area contributed by atoms with E-state index in [2.05, 4.69) is 5.32 Å². The molecule has 148 valence electrons. The maximum absolute atomic E-state index is 12.9. The smallest absolute Gasteiger partial charge is 0.406 e. The minimum atomic E-state index is -1.66. The predicted molar refractivity (Wildman–Crippen MR) is 101 cm³/mol. The van der Waals surface area contributed by atoms with E-state index in [9.17, 15) is 29.7 Å². The fourth-order valence-corrected chi connectivity index (χ4v) is 3.67. The van der Waals surface area contributed by atoms with Crippen LogP contribution in [0.3, 0.4) is 0 Å². The number of carbonyl (C=O) groups is 3. The van der Waals surface area contributed by atoms with Gasteiger partial charge in [0.15, 0.2) is 11.6 Å². The number of carbonyl (C=O) groups excluding carboxylic acids is 3.